The van der Waals surface area contributed by atoms with Crippen molar-refractivity contribution in [3.05, 3.63) is 94.7 Å². The number of pyridine rings is 1. The van der Waals surface area contributed by atoms with Gasteiger partial charge in [0.2, 0.25) is 16.0 Å². The molecular weight excluding hydrogens is 661 g/mol. The largest absolute Gasteiger partial charge is 0.351 e. The highest BCUT2D eigenvalue weighted by molar-refractivity contribution is 7.89. The summed E-state index contributed by atoms with van der Waals surface area (Å²) in [5.41, 5.74) is -0.0653. The Hall–Kier alpha value is -4.68. The molecule has 5 aromatic rings. The lowest BCUT2D eigenvalue weighted by molar-refractivity contribution is 0.149. The Morgan fingerprint density at radius 2 is 1.70 bits per heavy atom. The fourth-order valence-electron chi connectivity index (χ4n) is 5.36. The minimum Gasteiger partial charge on any atom is -0.351 e. The Morgan fingerprint density at radius 3 is 2.34 bits per heavy atom. The molecule has 6 rings (SSSR count). The van der Waals surface area contributed by atoms with Gasteiger partial charge in [-0.25, -0.2) is 35.9 Å². The summed E-state index contributed by atoms with van der Waals surface area (Å²) in [6, 6.07) is 11.0. The number of alkyl halides is 2. The molecule has 18 heteroatoms. The Kier molecular flexibility index (Phi) is 8.58. The zero-order valence-electron chi connectivity index (χ0n) is 24.7. The van der Waals surface area contributed by atoms with Gasteiger partial charge in [0.1, 0.15) is 29.0 Å². The molecule has 0 amide bonds. The molecule has 0 bridgehead atoms. The molecule has 4 heterocycles. The number of benzene rings is 2. The predicted octanol–water partition coefficient (Wildman–Crippen LogP) is 3.25. The van der Waals surface area contributed by atoms with Crippen LogP contribution < -0.4 is 10.9 Å². The van der Waals surface area contributed by atoms with Gasteiger partial charge in [0.15, 0.2) is 0 Å². The first-order valence-electron chi connectivity index (χ1n) is 14.2. The van der Waals surface area contributed by atoms with Crippen LogP contribution in [-0.4, -0.2) is 75.2 Å². The van der Waals surface area contributed by atoms with E-state index in [0.29, 0.717) is 46.7 Å². The predicted molar refractivity (Wildman–Crippen MR) is 165 cm³/mol. The maximum absolute atomic E-state index is 14.6. The first-order chi connectivity index (χ1) is 22.3. The number of fused-ring (bicyclic) bond motifs is 1. The van der Waals surface area contributed by atoms with Crippen molar-refractivity contribution in [3.63, 3.8) is 0 Å². The number of piperidine rings is 1. The molecule has 0 spiro atoms. The second-order valence-electron chi connectivity index (χ2n) is 11.0. The number of halogens is 3. The van der Waals surface area contributed by atoms with Gasteiger partial charge < -0.3 is 5.32 Å². The minimum atomic E-state index is -4.34. The van der Waals surface area contributed by atoms with Gasteiger partial charge in [0.05, 0.1) is 18.4 Å². The highest BCUT2D eigenvalue weighted by atomic mass is 32.2. The van der Waals surface area contributed by atoms with Crippen LogP contribution in [0.1, 0.15) is 30.4 Å². The summed E-state index contributed by atoms with van der Waals surface area (Å²) in [6.45, 7) is 0.507. The molecular formula is C29H27F3N8O5S2. The summed E-state index contributed by atoms with van der Waals surface area (Å²) in [5.74, 6) is -0.808. The van der Waals surface area contributed by atoms with Crippen LogP contribution in [0.5, 0.6) is 0 Å². The smallest absolute Gasteiger partial charge is 0.287 e. The molecule has 0 unspecified atom stereocenters. The number of hydrogen-bond acceptors (Lipinski definition) is 10. The van der Waals surface area contributed by atoms with Crippen molar-refractivity contribution in [2.75, 3.05) is 24.7 Å². The SMILES string of the molecule is CS(=O)(=O)N1CCC(Nc2ncc3cc(C(F)F)c(=O)n(Cc4ccc(-c5ccc(F)c(S(=O)(=O)n6cncn6)c5)cc4)c3n2)CC1. The third kappa shape index (κ3) is 6.61. The van der Waals surface area contributed by atoms with Crippen LogP contribution >= 0.6 is 0 Å². The van der Waals surface area contributed by atoms with E-state index in [1.165, 1.54) is 22.6 Å². The van der Waals surface area contributed by atoms with Crippen LogP contribution in [0.15, 0.2) is 77.1 Å². The summed E-state index contributed by atoms with van der Waals surface area (Å²) < 4.78 is 94.8. The number of hydrogen-bond donors (Lipinski definition) is 1. The molecule has 1 N–H and O–H groups in total. The number of nitrogens with one attached hydrogen (secondary N) is 1. The second-order valence-corrected chi connectivity index (χ2v) is 14.7. The number of nitrogens with zero attached hydrogens (tertiary/aromatic N) is 7. The molecule has 1 aliphatic heterocycles. The van der Waals surface area contributed by atoms with Crippen LogP contribution in [0.4, 0.5) is 19.1 Å². The number of aromatic nitrogens is 6. The number of sulfonamides is 1. The van der Waals surface area contributed by atoms with E-state index in [0.717, 1.165) is 35.6 Å². The van der Waals surface area contributed by atoms with Gasteiger partial charge in [-0.1, -0.05) is 30.3 Å². The Morgan fingerprint density at radius 1 is 1.00 bits per heavy atom. The summed E-state index contributed by atoms with van der Waals surface area (Å²) >= 11 is 0. The monoisotopic (exact) mass is 688 g/mol. The highest BCUT2D eigenvalue weighted by Gasteiger charge is 2.26. The molecule has 0 saturated carbocycles. The third-order valence-corrected chi connectivity index (χ3v) is 10.7. The van der Waals surface area contributed by atoms with Crippen molar-refractivity contribution in [2.24, 2.45) is 0 Å². The molecule has 13 nitrogen and oxygen atoms in total. The first kappa shape index (κ1) is 32.3. The molecule has 1 aliphatic rings. The fourth-order valence-corrected chi connectivity index (χ4v) is 7.37. The quantitative estimate of drug-likeness (QED) is 0.243. The normalized spacial score (nSPS) is 15.0. The third-order valence-electron chi connectivity index (χ3n) is 7.83. The lowest BCUT2D eigenvalue weighted by atomic mass is 10.0. The van der Waals surface area contributed by atoms with Gasteiger partial charge in [-0.15, -0.1) is 9.19 Å². The van der Waals surface area contributed by atoms with Crippen LogP contribution in [0.25, 0.3) is 22.2 Å². The van der Waals surface area contributed by atoms with E-state index in [1.807, 2.05) is 0 Å². The molecule has 3 aromatic heterocycles. The molecule has 0 aliphatic carbocycles. The summed E-state index contributed by atoms with van der Waals surface area (Å²) in [4.78, 5) is 25.0. The lowest BCUT2D eigenvalue weighted by Gasteiger charge is -2.30. The van der Waals surface area contributed by atoms with Gasteiger partial charge >= 0.3 is 0 Å². The zero-order chi connectivity index (χ0) is 33.5. The van der Waals surface area contributed by atoms with Crippen LogP contribution in [0.2, 0.25) is 0 Å². The van der Waals surface area contributed by atoms with E-state index >= 15 is 0 Å². The lowest BCUT2D eigenvalue weighted by Crippen LogP contribution is -2.42. The first-order valence-corrected chi connectivity index (χ1v) is 17.5. The van der Waals surface area contributed by atoms with Crippen molar-refractivity contribution in [2.45, 2.75) is 36.7 Å². The van der Waals surface area contributed by atoms with Crippen LogP contribution in [0.3, 0.4) is 0 Å². The van der Waals surface area contributed by atoms with E-state index in [2.05, 4.69) is 25.4 Å². The molecule has 47 heavy (non-hydrogen) atoms. The zero-order valence-corrected chi connectivity index (χ0v) is 26.3. The number of anilines is 1. The maximum Gasteiger partial charge on any atom is 0.287 e. The van der Waals surface area contributed by atoms with E-state index in [4.69, 9.17) is 0 Å². The summed E-state index contributed by atoms with van der Waals surface area (Å²) in [6.07, 6.45) is 2.42. The molecule has 1 fully saturated rings. The van der Waals surface area contributed by atoms with E-state index < -0.39 is 48.3 Å². The topological polar surface area (TPSA) is 162 Å². The van der Waals surface area contributed by atoms with E-state index in [1.54, 1.807) is 24.3 Å². The van der Waals surface area contributed by atoms with Crippen molar-refractivity contribution >= 4 is 37.0 Å². The van der Waals surface area contributed by atoms with Crippen LogP contribution in [-0.2, 0) is 26.6 Å². The molecule has 2 aromatic carbocycles. The number of rotatable bonds is 9. The summed E-state index contributed by atoms with van der Waals surface area (Å²) in [7, 11) is -7.65. The molecule has 0 radical (unpaired) electrons. The Balaban J connectivity index is 1.29. The Bertz CT molecular complexity index is 2220. The van der Waals surface area contributed by atoms with E-state index in [9.17, 15) is 34.8 Å². The van der Waals surface area contributed by atoms with Gasteiger partial charge in [-0.3, -0.25) is 9.36 Å². The average molecular weight is 689 g/mol. The minimum absolute atomic E-state index is 0.121. The van der Waals surface area contributed by atoms with Gasteiger partial charge in [0, 0.05) is 30.7 Å². The molecule has 1 saturated heterocycles. The fraction of sp³-hybridized carbons (Fsp3) is 0.276. The average Bonchev–Trinajstić information content (AvgIpc) is 3.59. The van der Waals surface area contributed by atoms with Crippen molar-refractivity contribution in [1.82, 2.24) is 33.0 Å². The van der Waals surface area contributed by atoms with Crippen LogP contribution in [0, 0.1) is 5.82 Å². The molecule has 246 valence electrons. The van der Waals surface area contributed by atoms with Crippen molar-refractivity contribution in [1.29, 1.82) is 0 Å². The van der Waals surface area contributed by atoms with Crippen molar-refractivity contribution < 1.29 is 30.0 Å². The molecule has 0 atom stereocenters. The highest BCUT2D eigenvalue weighted by Crippen LogP contribution is 2.27. The van der Waals surface area contributed by atoms with Crippen molar-refractivity contribution in [3.8, 4) is 11.1 Å². The second kappa shape index (κ2) is 12.5. The Labute approximate surface area is 266 Å². The van der Waals surface area contributed by atoms with Gasteiger partial charge in [-0.05, 0) is 47.7 Å². The van der Waals surface area contributed by atoms with Gasteiger partial charge in [0.25, 0.3) is 22.0 Å². The standard InChI is InChI=1S/C29H27F3N8O5S2/c1-46(42,43)38-10-8-22(9-11-38)36-29-34-14-21-12-23(26(31)32)28(41)39(27(21)37-29)15-18-2-4-19(5-3-18)20-6-7-24(30)25(13-20)47(44,45)40-17-33-16-35-40/h2-7,12-14,16-17,22,26H,8-11,15H2,1H3,(H,34,36,37). The van der Waals surface area contributed by atoms with E-state index in [-0.39, 0.29) is 29.6 Å². The summed E-state index contributed by atoms with van der Waals surface area (Å²) in [5, 5.41) is 6.98. The van der Waals surface area contributed by atoms with Gasteiger partial charge in [-0.2, -0.15) is 13.4 Å². The maximum atomic E-state index is 14.6.